The van der Waals surface area contributed by atoms with Crippen LogP contribution >= 0.6 is 15.9 Å². The second-order valence-electron chi connectivity index (χ2n) is 6.64. The van der Waals surface area contributed by atoms with Crippen molar-refractivity contribution in [3.8, 4) is 5.75 Å². The smallest absolute Gasteiger partial charge is 0.306 e. The summed E-state index contributed by atoms with van der Waals surface area (Å²) < 4.78 is 12.2. The van der Waals surface area contributed by atoms with Gasteiger partial charge < -0.3 is 15.2 Å². The molecule has 3 rings (SSSR count). The van der Waals surface area contributed by atoms with Gasteiger partial charge in [0.1, 0.15) is 11.9 Å². The SMILES string of the molecule is CCCCC(=O)OC1CC1c1cc(Br)c(N)c(OCC2CC2)c1. The summed E-state index contributed by atoms with van der Waals surface area (Å²) in [5.41, 5.74) is 7.87. The molecule has 0 heterocycles. The van der Waals surface area contributed by atoms with Crippen LogP contribution in [0.2, 0.25) is 0 Å². The van der Waals surface area contributed by atoms with E-state index in [1.807, 2.05) is 12.1 Å². The van der Waals surface area contributed by atoms with E-state index < -0.39 is 0 Å². The third-order valence-corrected chi connectivity index (χ3v) is 5.12. The highest BCUT2D eigenvalue weighted by Crippen LogP contribution is 2.47. The first kappa shape index (κ1) is 16.6. The fourth-order valence-electron chi connectivity index (χ4n) is 2.64. The predicted molar refractivity (Wildman–Crippen MR) is 93.5 cm³/mol. The summed E-state index contributed by atoms with van der Waals surface area (Å²) in [6.45, 7) is 2.81. The third-order valence-electron chi connectivity index (χ3n) is 4.46. The Morgan fingerprint density at radius 3 is 2.87 bits per heavy atom. The summed E-state index contributed by atoms with van der Waals surface area (Å²) in [5.74, 6) is 1.61. The fourth-order valence-corrected chi connectivity index (χ4v) is 3.10. The molecule has 2 fully saturated rings. The zero-order valence-corrected chi connectivity index (χ0v) is 15.1. The van der Waals surface area contributed by atoms with Gasteiger partial charge in [0.25, 0.3) is 0 Å². The molecule has 1 aromatic carbocycles. The molecule has 5 heteroatoms. The quantitative estimate of drug-likeness (QED) is 0.535. The van der Waals surface area contributed by atoms with Crippen LogP contribution in [0.5, 0.6) is 5.75 Å². The van der Waals surface area contributed by atoms with Gasteiger partial charge in [0.15, 0.2) is 0 Å². The van der Waals surface area contributed by atoms with Crippen molar-refractivity contribution >= 4 is 27.6 Å². The van der Waals surface area contributed by atoms with Crippen molar-refractivity contribution in [1.82, 2.24) is 0 Å². The largest absolute Gasteiger partial charge is 0.491 e. The lowest BCUT2D eigenvalue weighted by molar-refractivity contribution is -0.145. The molecule has 0 radical (unpaired) electrons. The van der Waals surface area contributed by atoms with Gasteiger partial charge in [-0.1, -0.05) is 13.3 Å². The summed E-state index contributed by atoms with van der Waals surface area (Å²) in [7, 11) is 0. The lowest BCUT2D eigenvalue weighted by Gasteiger charge is -2.12. The van der Waals surface area contributed by atoms with E-state index in [-0.39, 0.29) is 18.0 Å². The van der Waals surface area contributed by atoms with Crippen LogP contribution in [0.1, 0.15) is 56.9 Å². The summed E-state index contributed by atoms with van der Waals surface area (Å²) in [6, 6.07) is 4.02. The molecule has 0 spiro atoms. The number of anilines is 1. The average molecular weight is 382 g/mol. The highest BCUT2D eigenvalue weighted by atomic mass is 79.9. The number of nitrogens with two attached hydrogens (primary N) is 1. The lowest BCUT2D eigenvalue weighted by Crippen LogP contribution is -2.07. The van der Waals surface area contributed by atoms with Crippen LogP contribution in [0.3, 0.4) is 0 Å². The van der Waals surface area contributed by atoms with Crippen molar-refractivity contribution in [3.05, 3.63) is 22.2 Å². The van der Waals surface area contributed by atoms with E-state index in [4.69, 9.17) is 15.2 Å². The van der Waals surface area contributed by atoms with Crippen molar-refractivity contribution in [1.29, 1.82) is 0 Å². The second-order valence-corrected chi connectivity index (χ2v) is 7.50. The molecule has 1 aromatic rings. The number of carbonyl (C=O) groups is 1. The number of esters is 1. The predicted octanol–water partition coefficient (Wildman–Crippen LogP) is 4.41. The van der Waals surface area contributed by atoms with Gasteiger partial charge in [0, 0.05) is 16.8 Å². The van der Waals surface area contributed by atoms with Gasteiger partial charge in [0.2, 0.25) is 0 Å². The van der Waals surface area contributed by atoms with Crippen LogP contribution in [0, 0.1) is 5.92 Å². The van der Waals surface area contributed by atoms with Gasteiger partial charge in [-0.15, -0.1) is 0 Å². The minimum absolute atomic E-state index is 0.00571. The molecule has 2 saturated carbocycles. The van der Waals surface area contributed by atoms with Gasteiger partial charge in [-0.3, -0.25) is 4.79 Å². The Labute approximate surface area is 145 Å². The van der Waals surface area contributed by atoms with Gasteiger partial charge >= 0.3 is 5.97 Å². The Balaban J connectivity index is 1.60. The highest BCUT2D eigenvalue weighted by Gasteiger charge is 2.42. The fraction of sp³-hybridized carbons (Fsp3) is 0.611. The Kier molecular flexibility index (Phi) is 5.14. The van der Waals surface area contributed by atoms with Crippen LogP contribution in [0.25, 0.3) is 0 Å². The van der Waals surface area contributed by atoms with E-state index in [2.05, 4.69) is 22.9 Å². The van der Waals surface area contributed by atoms with Gasteiger partial charge in [-0.05, 0) is 65.2 Å². The van der Waals surface area contributed by atoms with Gasteiger partial charge in [-0.2, -0.15) is 0 Å². The molecule has 2 N–H and O–H groups in total. The number of nitrogen functional groups attached to an aromatic ring is 1. The van der Waals surface area contributed by atoms with Crippen molar-refractivity contribution in [3.63, 3.8) is 0 Å². The molecule has 2 aliphatic rings. The van der Waals surface area contributed by atoms with Crippen LogP contribution in [0.15, 0.2) is 16.6 Å². The summed E-state index contributed by atoms with van der Waals surface area (Å²) >= 11 is 3.51. The maximum Gasteiger partial charge on any atom is 0.306 e. The molecule has 0 aromatic heterocycles. The van der Waals surface area contributed by atoms with Crippen LogP contribution in [0.4, 0.5) is 5.69 Å². The molecular weight excluding hydrogens is 358 g/mol. The molecular formula is C18H24BrNO3. The summed E-state index contributed by atoms with van der Waals surface area (Å²) in [6.07, 6.45) is 5.81. The van der Waals surface area contributed by atoms with Crippen molar-refractivity contribution in [2.45, 2.75) is 57.5 Å². The van der Waals surface area contributed by atoms with Crippen LogP contribution < -0.4 is 10.5 Å². The summed E-state index contributed by atoms with van der Waals surface area (Å²) in [4.78, 5) is 11.7. The normalized spacial score (nSPS) is 22.7. The van der Waals surface area contributed by atoms with Gasteiger partial charge in [-0.25, -0.2) is 0 Å². The van der Waals surface area contributed by atoms with E-state index in [0.717, 1.165) is 41.7 Å². The molecule has 2 aliphatic carbocycles. The Morgan fingerprint density at radius 2 is 2.17 bits per heavy atom. The monoisotopic (exact) mass is 381 g/mol. The zero-order chi connectivity index (χ0) is 16.4. The Hall–Kier alpha value is -1.23. The number of hydrogen-bond acceptors (Lipinski definition) is 4. The summed E-state index contributed by atoms with van der Waals surface area (Å²) in [5, 5.41) is 0. The molecule has 0 amide bonds. The number of rotatable bonds is 8. The second kappa shape index (κ2) is 7.12. The van der Waals surface area contributed by atoms with E-state index in [1.165, 1.54) is 12.8 Å². The third kappa shape index (κ3) is 4.40. The first-order valence-electron chi connectivity index (χ1n) is 8.49. The molecule has 0 bridgehead atoms. The highest BCUT2D eigenvalue weighted by molar-refractivity contribution is 9.10. The molecule has 2 unspecified atom stereocenters. The molecule has 0 aliphatic heterocycles. The maximum absolute atomic E-state index is 11.7. The molecule has 4 nitrogen and oxygen atoms in total. The number of ether oxygens (including phenoxy) is 2. The Bertz CT molecular complexity index is 586. The van der Waals surface area contributed by atoms with E-state index in [1.54, 1.807) is 0 Å². The van der Waals surface area contributed by atoms with Crippen molar-refractivity contribution in [2.24, 2.45) is 5.92 Å². The zero-order valence-electron chi connectivity index (χ0n) is 13.5. The molecule has 0 saturated heterocycles. The minimum Gasteiger partial charge on any atom is -0.491 e. The standard InChI is InChI=1S/C18H24BrNO3/c1-2-3-4-17(21)23-15-9-13(15)12-7-14(19)18(20)16(8-12)22-10-11-5-6-11/h7-8,11,13,15H,2-6,9-10,20H2,1H3. The van der Waals surface area contributed by atoms with Crippen LogP contribution in [-0.4, -0.2) is 18.7 Å². The number of hydrogen-bond donors (Lipinski definition) is 1. The first-order chi connectivity index (χ1) is 11.1. The maximum atomic E-state index is 11.7. The average Bonchev–Trinajstić information content (AvgIpc) is 3.42. The number of benzene rings is 1. The van der Waals surface area contributed by atoms with E-state index in [9.17, 15) is 4.79 Å². The van der Waals surface area contributed by atoms with E-state index in [0.29, 0.717) is 18.0 Å². The van der Waals surface area contributed by atoms with Crippen molar-refractivity contribution < 1.29 is 14.3 Å². The lowest BCUT2D eigenvalue weighted by atomic mass is 10.1. The van der Waals surface area contributed by atoms with Gasteiger partial charge in [0.05, 0.1) is 12.3 Å². The molecule has 126 valence electrons. The van der Waals surface area contributed by atoms with Crippen molar-refractivity contribution in [2.75, 3.05) is 12.3 Å². The minimum atomic E-state index is -0.0842. The first-order valence-corrected chi connectivity index (χ1v) is 9.29. The topological polar surface area (TPSA) is 61.5 Å². The molecule has 23 heavy (non-hydrogen) atoms. The molecule has 2 atom stereocenters. The Morgan fingerprint density at radius 1 is 1.39 bits per heavy atom. The van der Waals surface area contributed by atoms with E-state index >= 15 is 0 Å². The van der Waals surface area contributed by atoms with Crippen LogP contribution in [-0.2, 0) is 9.53 Å². The number of unbranched alkanes of at least 4 members (excludes halogenated alkanes) is 1. The number of carbonyl (C=O) groups excluding carboxylic acids is 1. The number of halogens is 1.